The number of aryl methyl sites for hydroxylation is 3. The molecule has 0 aliphatic rings. The second-order valence-electron chi connectivity index (χ2n) is 4.70. The first-order valence-electron chi connectivity index (χ1n) is 6.40. The molecule has 0 saturated carbocycles. The van der Waals surface area contributed by atoms with Crippen LogP contribution in [-0.2, 0) is 9.53 Å². The van der Waals surface area contributed by atoms with Crippen molar-refractivity contribution in [3.05, 3.63) is 34.4 Å². The van der Waals surface area contributed by atoms with Gasteiger partial charge in [0, 0.05) is 0 Å². The molecule has 3 heteroatoms. The van der Waals surface area contributed by atoms with Crippen LogP contribution >= 0.6 is 0 Å². The van der Waals surface area contributed by atoms with E-state index in [4.69, 9.17) is 4.74 Å². The van der Waals surface area contributed by atoms with Crippen LogP contribution in [0.15, 0.2) is 12.1 Å². The van der Waals surface area contributed by atoms with Crippen molar-refractivity contribution in [2.24, 2.45) is 0 Å². The Hall–Kier alpha value is -1.35. The SMILES string of the molecule is CCCNC(C(=O)OC)c1cc(C)c(C)cc1C. The minimum atomic E-state index is -0.366. The fourth-order valence-corrected chi connectivity index (χ4v) is 2.02. The molecule has 0 spiro atoms. The van der Waals surface area contributed by atoms with Gasteiger partial charge < -0.3 is 10.1 Å². The van der Waals surface area contributed by atoms with Crippen molar-refractivity contribution in [1.29, 1.82) is 0 Å². The lowest BCUT2D eigenvalue weighted by Crippen LogP contribution is -2.31. The summed E-state index contributed by atoms with van der Waals surface area (Å²) in [6.07, 6.45) is 0.984. The summed E-state index contributed by atoms with van der Waals surface area (Å²) >= 11 is 0. The van der Waals surface area contributed by atoms with Gasteiger partial charge in [0.1, 0.15) is 6.04 Å². The molecular formula is C15H23NO2. The van der Waals surface area contributed by atoms with Crippen LogP contribution in [0.4, 0.5) is 0 Å². The van der Waals surface area contributed by atoms with E-state index in [-0.39, 0.29) is 12.0 Å². The Morgan fingerprint density at radius 3 is 2.39 bits per heavy atom. The summed E-state index contributed by atoms with van der Waals surface area (Å²) in [5.74, 6) is -0.227. The first-order valence-corrected chi connectivity index (χ1v) is 6.40. The van der Waals surface area contributed by atoms with Crippen molar-refractivity contribution >= 4 is 5.97 Å². The predicted octanol–water partition coefficient (Wildman–Crippen LogP) is 2.83. The van der Waals surface area contributed by atoms with Gasteiger partial charge in [-0.3, -0.25) is 0 Å². The summed E-state index contributed by atoms with van der Waals surface area (Å²) in [5.41, 5.74) is 4.58. The second kappa shape index (κ2) is 6.55. The lowest BCUT2D eigenvalue weighted by molar-refractivity contribution is -0.143. The van der Waals surface area contributed by atoms with Gasteiger partial charge in [0.25, 0.3) is 0 Å². The number of esters is 1. The van der Waals surface area contributed by atoms with E-state index in [0.29, 0.717) is 0 Å². The van der Waals surface area contributed by atoms with Gasteiger partial charge in [0.2, 0.25) is 0 Å². The van der Waals surface area contributed by atoms with Crippen LogP contribution in [0.3, 0.4) is 0 Å². The molecule has 0 fully saturated rings. The fraction of sp³-hybridized carbons (Fsp3) is 0.533. The number of methoxy groups -OCH3 is 1. The van der Waals surface area contributed by atoms with E-state index in [1.165, 1.54) is 18.2 Å². The highest BCUT2D eigenvalue weighted by molar-refractivity contribution is 5.78. The third-order valence-corrected chi connectivity index (χ3v) is 3.23. The van der Waals surface area contributed by atoms with Crippen molar-refractivity contribution in [3.8, 4) is 0 Å². The van der Waals surface area contributed by atoms with Crippen LogP contribution in [0.2, 0.25) is 0 Å². The number of hydrogen-bond acceptors (Lipinski definition) is 3. The topological polar surface area (TPSA) is 38.3 Å². The largest absolute Gasteiger partial charge is 0.468 e. The Morgan fingerprint density at radius 1 is 1.22 bits per heavy atom. The van der Waals surface area contributed by atoms with Gasteiger partial charge in [-0.1, -0.05) is 19.1 Å². The van der Waals surface area contributed by atoms with E-state index < -0.39 is 0 Å². The normalized spacial score (nSPS) is 12.3. The molecule has 3 nitrogen and oxygen atoms in total. The summed E-state index contributed by atoms with van der Waals surface area (Å²) in [4.78, 5) is 11.9. The van der Waals surface area contributed by atoms with Crippen molar-refractivity contribution in [3.63, 3.8) is 0 Å². The minimum absolute atomic E-state index is 0.227. The molecule has 0 aliphatic carbocycles. The van der Waals surface area contributed by atoms with Crippen molar-refractivity contribution in [2.75, 3.05) is 13.7 Å². The van der Waals surface area contributed by atoms with Gasteiger partial charge >= 0.3 is 5.97 Å². The van der Waals surface area contributed by atoms with Gasteiger partial charge in [0.05, 0.1) is 7.11 Å². The molecule has 100 valence electrons. The van der Waals surface area contributed by atoms with E-state index in [9.17, 15) is 4.79 Å². The highest BCUT2D eigenvalue weighted by Crippen LogP contribution is 2.23. The summed E-state index contributed by atoms with van der Waals surface area (Å²) in [7, 11) is 1.43. The molecule has 0 aromatic heterocycles. The summed E-state index contributed by atoms with van der Waals surface area (Å²) in [5, 5.41) is 3.25. The lowest BCUT2D eigenvalue weighted by Gasteiger charge is -2.20. The van der Waals surface area contributed by atoms with Crippen LogP contribution in [0.5, 0.6) is 0 Å². The molecule has 1 N–H and O–H groups in total. The molecule has 0 heterocycles. The zero-order valence-electron chi connectivity index (χ0n) is 12.0. The summed E-state index contributed by atoms with van der Waals surface area (Å²) in [6.45, 7) is 9.05. The Morgan fingerprint density at radius 2 is 1.83 bits per heavy atom. The van der Waals surface area contributed by atoms with Crippen LogP contribution in [0.1, 0.15) is 41.6 Å². The fourth-order valence-electron chi connectivity index (χ4n) is 2.02. The Kier molecular flexibility index (Phi) is 5.35. The maximum absolute atomic E-state index is 11.9. The van der Waals surface area contributed by atoms with E-state index in [0.717, 1.165) is 24.1 Å². The standard InChI is InChI=1S/C15H23NO2/c1-6-7-16-14(15(17)18-5)13-9-11(3)10(2)8-12(13)4/h8-9,14,16H,6-7H2,1-5H3. The van der Waals surface area contributed by atoms with Gasteiger partial charge in [-0.15, -0.1) is 0 Å². The quantitative estimate of drug-likeness (QED) is 0.815. The van der Waals surface area contributed by atoms with Gasteiger partial charge in [-0.2, -0.15) is 0 Å². The molecule has 0 saturated heterocycles. The number of carbonyl (C=O) groups excluding carboxylic acids is 1. The molecule has 1 unspecified atom stereocenters. The number of rotatable bonds is 5. The number of nitrogens with one attached hydrogen (secondary N) is 1. The van der Waals surface area contributed by atoms with Crippen LogP contribution in [0.25, 0.3) is 0 Å². The average Bonchev–Trinajstić information content (AvgIpc) is 2.35. The third kappa shape index (κ3) is 3.33. The van der Waals surface area contributed by atoms with Crippen LogP contribution < -0.4 is 5.32 Å². The molecule has 1 rings (SSSR count). The average molecular weight is 249 g/mol. The maximum Gasteiger partial charge on any atom is 0.327 e. The Bertz CT molecular complexity index is 427. The number of ether oxygens (including phenoxy) is 1. The number of carbonyl (C=O) groups is 1. The smallest absolute Gasteiger partial charge is 0.327 e. The minimum Gasteiger partial charge on any atom is -0.468 e. The van der Waals surface area contributed by atoms with Crippen molar-refractivity contribution < 1.29 is 9.53 Å². The molecule has 0 bridgehead atoms. The highest BCUT2D eigenvalue weighted by Gasteiger charge is 2.22. The monoisotopic (exact) mass is 249 g/mol. The Balaban J connectivity index is 3.11. The predicted molar refractivity (Wildman–Crippen MR) is 73.7 cm³/mol. The molecule has 0 aliphatic heterocycles. The first-order chi connectivity index (χ1) is 8.51. The molecule has 1 aromatic rings. The Labute approximate surface area is 110 Å². The zero-order valence-corrected chi connectivity index (χ0v) is 12.0. The second-order valence-corrected chi connectivity index (χ2v) is 4.70. The van der Waals surface area contributed by atoms with Gasteiger partial charge in [-0.05, 0) is 56.0 Å². The molecule has 1 atom stereocenters. The van der Waals surface area contributed by atoms with Crippen molar-refractivity contribution in [2.45, 2.75) is 40.2 Å². The highest BCUT2D eigenvalue weighted by atomic mass is 16.5. The van der Waals surface area contributed by atoms with Crippen molar-refractivity contribution in [1.82, 2.24) is 5.32 Å². The maximum atomic E-state index is 11.9. The third-order valence-electron chi connectivity index (χ3n) is 3.23. The van der Waals surface area contributed by atoms with E-state index >= 15 is 0 Å². The van der Waals surface area contributed by atoms with Gasteiger partial charge in [0.15, 0.2) is 0 Å². The van der Waals surface area contributed by atoms with Crippen LogP contribution in [-0.4, -0.2) is 19.6 Å². The summed E-state index contributed by atoms with van der Waals surface area (Å²) in [6, 6.07) is 3.83. The van der Waals surface area contributed by atoms with E-state index in [2.05, 4.69) is 38.2 Å². The molecule has 0 amide bonds. The van der Waals surface area contributed by atoms with E-state index in [1.54, 1.807) is 0 Å². The lowest BCUT2D eigenvalue weighted by atomic mass is 9.95. The molecule has 0 radical (unpaired) electrons. The zero-order chi connectivity index (χ0) is 13.7. The number of hydrogen-bond donors (Lipinski definition) is 1. The van der Waals surface area contributed by atoms with Gasteiger partial charge in [-0.25, -0.2) is 4.79 Å². The summed E-state index contributed by atoms with van der Waals surface area (Å²) < 4.78 is 4.89. The number of benzene rings is 1. The van der Waals surface area contributed by atoms with E-state index in [1.807, 2.05) is 6.92 Å². The molecular weight excluding hydrogens is 226 g/mol. The first kappa shape index (κ1) is 14.7. The van der Waals surface area contributed by atoms with Crippen LogP contribution in [0, 0.1) is 20.8 Å². The molecule has 18 heavy (non-hydrogen) atoms. The molecule has 1 aromatic carbocycles.